The summed E-state index contributed by atoms with van der Waals surface area (Å²) < 4.78 is 41.4. The summed E-state index contributed by atoms with van der Waals surface area (Å²) in [6.45, 7) is 3.12. The van der Waals surface area contributed by atoms with Crippen LogP contribution in [0.25, 0.3) is 0 Å². The first-order chi connectivity index (χ1) is 18.6. The van der Waals surface area contributed by atoms with Gasteiger partial charge in [0.05, 0.1) is 11.6 Å². The average molecular weight is 544 g/mol. The molecular formula is C28H36F3N7O. The Morgan fingerprint density at radius 2 is 1.79 bits per heavy atom. The van der Waals surface area contributed by atoms with Crippen molar-refractivity contribution in [1.29, 1.82) is 5.26 Å². The van der Waals surface area contributed by atoms with Crippen molar-refractivity contribution in [2.45, 2.75) is 50.7 Å². The van der Waals surface area contributed by atoms with Crippen molar-refractivity contribution < 1.29 is 18.0 Å². The van der Waals surface area contributed by atoms with Crippen LogP contribution in [0.5, 0.6) is 0 Å². The number of nitrogens with one attached hydrogen (secondary N) is 1. The molecule has 3 heterocycles. The molecule has 1 atom stereocenters. The molecule has 210 valence electrons. The summed E-state index contributed by atoms with van der Waals surface area (Å²) in [5.74, 6) is -0.437. The summed E-state index contributed by atoms with van der Waals surface area (Å²) >= 11 is 0. The van der Waals surface area contributed by atoms with Gasteiger partial charge in [-0.25, -0.2) is 9.97 Å². The molecule has 1 aromatic carbocycles. The Hall–Kier alpha value is -3.39. The number of hydrogen-bond donors (Lipinski definition) is 1. The van der Waals surface area contributed by atoms with Crippen LogP contribution in [0, 0.1) is 17.2 Å². The van der Waals surface area contributed by atoms with Gasteiger partial charge >= 0.3 is 6.18 Å². The topological polar surface area (TPSA) is 88.4 Å². The van der Waals surface area contributed by atoms with E-state index in [9.17, 15) is 18.0 Å². The highest BCUT2D eigenvalue weighted by Crippen LogP contribution is 2.34. The Balaban J connectivity index is 1.44. The number of nitriles is 1. The monoisotopic (exact) mass is 543 g/mol. The predicted molar refractivity (Wildman–Crippen MR) is 143 cm³/mol. The molecule has 2 aliphatic heterocycles. The Bertz CT molecular complexity index is 1160. The number of rotatable bonds is 9. The fourth-order valence-electron chi connectivity index (χ4n) is 5.26. The Labute approximate surface area is 227 Å². The largest absolute Gasteiger partial charge is 0.451 e. The third-order valence-corrected chi connectivity index (χ3v) is 7.52. The summed E-state index contributed by atoms with van der Waals surface area (Å²) in [5.41, 5.74) is 1.55. The van der Waals surface area contributed by atoms with Crippen LogP contribution in [-0.2, 0) is 17.4 Å². The maximum atomic E-state index is 13.8. The minimum absolute atomic E-state index is 0.145. The van der Waals surface area contributed by atoms with Gasteiger partial charge in [-0.05, 0) is 82.8 Å². The van der Waals surface area contributed by atoms with E-state index in [4.69, 9.17) is 5.26 Å². The van der Waals surface area contributed by atoms with Crippen LogP contribution in [0.15, 0.2) is 30.3 Å². The molecule has 1 amide bonds. The number of nitrogens with zero attached hydrogens (tertiary/aromatic N) is 6. The van der Waals surface area contributed by atoms with E-state index >= 15 is 0 Å². The van der Waals surface area contributed by atoms with Crippen LogP contribution in [0.2, 0.25) is 0 Å². The molecule has 4 rings (SSSR count). The van der Waals surface area contributed by atoms with Crippen LogP contribution in [0.3, 0.4) is 0 Å². The lowest BCUT2D eigenvalue weighted by Crippen LogP contribution is -2.44. The number of carbonyl (C=O) groups is 1. The Morgan fingerprint density at radius 3 is 2.44 bits per heavy atom. The molecule has 0 spiro atoms. The second-order valence-electron chi connectivity index (χ2n) is 10.6. The van der Waals surface area contributed by atoms with E-state index in [0.29, 0.717) is 56.9 Å². The summed E-state index contributed by atoms with van der Waals surface area (Å²) in [7, 11) is 4.08. The number of carbonyl (C=O) groups excluding carboxylic acids is 1. The summed E-state index contributed by atoms with van der Waals surface area (Å²) in [6.07, 6.45) is 0.00860. The van der Waals surface area contributed by atoms with Gasteiger partial charge in [0.25, 0.3) is 0 Å². The number of piperidine rings is 1. The highest BCUT2D eigenvalue weighted by Gasteiger charge is 2.38. The molecule has 1 N–H and O–H groups in total. The lowest BCUT2D eigenvalue weighted by Gasteiger charge is -2.34. The van der Waals surface area contributed by atoms with E-state index in [1.165, 1.54) is 0 Å². The van der Waals surface area contributed by atoms with Gasteiger partial charge in [-0.15, -0.1) is 0 Å². The number of anilines is 2. The quantitative estimate of drug-likeness (QED) is 0.514. The molecule has 11 heteroatoms. The van der Waals surface area contributed by atoms with Gasteiger partial charge in [-0.3, -0.25) is 4.79 Å². The number of aromatic nitrogens is 2. The van der Waals surface area contributed by atoms with Crippen LogP contribution in [0.4, 0.5) is 24.8 Å². The van der Waals surface area contributed by atoms with Crippen molar-refractivity contribution >= 4 is 17.5 Å². The molecule has 0 unspecified atom stereocenters. The minimum Gasteiger partial charge on any atom is -0.356 e. The minimum atomic E-state index is -4.69. The molecule has 2 aliphatic rings. The first kappa shape index (κ1) is 28.6. The smallest absolute Gasteiger partial charge is 0.356 e. The first-order valence-corrected chi connectivity index (χ1v) is 13.5. The number of amides is 1. The van der Waals surface area contributed by atoms with Crippen molar-refractivity contribution in [2.75, 3.05) is 56.6 Å². The Morgan fingerprint density at radius 1 is 1.10 bits per heavy atom. The maximum absolute atomic E-state index is 13.8. The van der Waals surface area contributed by atoms with Gasteiger partial charge in [-0.2, -0.15) is 18.4 Å². The highest BCUT2D eigenvalue weighted by atomic mass is 19.4. The molecule has 0 saturated carbocycles. The van der Waals surface area contributed by atoms with Crippen LogP contribution < -0.4 is 15.1 Å². The molecule has 0 aliphatic carbocycles. The fraction of sp³-hybridized carbons (Fsp3) is 0.571. The predicted octanol–water partition coefficient (Wildman–Crippen LogP) is 3.86. The summed E-state index contributed by atoms with van der Waals surface area (Å²) in [5, 5.41) is 11.9. The standard InChI is InChI=1S/C28H36F3N7O/c1-36(2)15-10-21-11-16-37(17-12-21)24-18-25(35-27(34-24)28(29,30)31)38-14-3-4-23(38)26(39)33-13-9-20-5-7-22(19-32)8-6-20/h5-8,18,21,23H,3-4,9-17H2,1-2H3,(H,33,39)/t23-/m0/s1. The van der Waals surface area contributed by atoms with Gasteiger partial charge in [0.1, 0.15) is 17.7 Å². The maximum Gasteiger partial charge on any atom is 0.451 e. The second-order valence-corrected chi connectivity index (χ2v) is 10.6. The average Bonchev–Trinajstić information content (AvgIpc) is 3.42. The van der Waals surface area contributed by atoms with Crippen molar-refractivity contribution in [2.24, 2.45) is 5.92 Å². The van der Waals surface area contributed by atoms with Gasteiger partial charge in [-0.1, -0.05) is 12.1 Å². The Kier molecular flexibility index (Phi) is 9.28. The normalized spacial score (nSPS) is 18.4. The molecule has 2 fully saturated rings. The van der Waals surface area contributed by atoms with Crippen LogP contribution in [0.1, 0.15) is 49.1 Å². The van der Waals surface area contributed by atoms with Crippen molar-refractivity contribution in [1.82, 2.24) is 20.2 Å². The van der Waals surface area contributed by atoms with Gasteiger partial charge in [0.2, 0.25) is 11.7 Å². The fourth-order valence-corrected chi connectivity index (χ4v) is 5.26. The van der Waals surface area contributed by atoms with E-state index < -0.39 is 18.0 Å². The van der Waals surface area contributed by atoms with Crippen molar-refractivity contribution in [3.8, 4) is 6.07 Å². The number of benzene rings is 1. The summed E-state index contributed by atoms with van der Waals surface area (Å²) in [6, 6.07) is 10.2. The number of alkyl halides is 3. The molecule has 8 nitrogen and oxygen atoms in total. The number of hydrogen-bond acceptors (Lipinski definition) is 7. The molecule has 2 saturated heterocycles. The van der Waals surface area contributed by atoms with Crippen LogP contribution >= 0.6 is 0 Å². The summed E-state index contributed by atoms with van der Waals surface area (Å²) in [4.78, 5) is 26.6. The zero-order chi connectivity index (χ0) is 28.0. The van der Waals surface area contributed by atoms with Gasteiger partial charge < -0.3 is 20.0 Å². The molecule has 2 aromatic rings. The molecular weight excluding hydrogens is 507 g/mol. The molecule has 0 bridgehead atoms. The van der Waals surface area contributed by atoms with E-state index in [-0.39, 0.29) is 17.5 Å². The first-order valence-electron chi connectivity index (χ1n) is 13.5. The number of halogens is 3. The van der Waals surface area contributed by atoms with Crippen LogP contribution in [-0.4, -0.2) is 73.6 Å². The molecule has 1 aromatic heterocycles. The van der Waals surface area contributed by atoms with Crippen molar-refractivity contribution in [3.05, 3.63) is 47.3 Å². The molecule has 0 radical (unpaired) electrons. The van der Waals surface area contributed by atoms with E-state index in [2.05, 4.69) is 26.3 Å². The lowest BCUT2D eigenvalue weighted by atomic mass is 9.93. The third-order valence-electron chi connectivity index (χ3n) is 7.52. The highest BCUT2D eigenvalue weighted by molar-refractivity contribution is 5.85. The van der Waals surface area contributed by atoms with Gasteiger partial charge in [0.15, 0.2) is 0 Å². The SMILES string of the molecule is CN(C)CCC1CCN(c2cc(N3CCC[C@H]3C(=O)NCCc3ccc(C#N)cc3)nc(C(F)(F)F)n2)CC1. The third kappa shape index (κ3) is 7.60. The molecule has 39 heavy (non-hydrogen) atoms. The van der Waals surface area contributed by atoms with E-state index in [1.54, 1.807) is 23.1 Å². The lowest BCUT2D eigenvalue weighted by molar-refractivity contribution is -0.144. The zero-order valence-corrected chi connectivity index (χ0v) is 22.5. The van der Waals surface area contributed by atoms with E-state index in [0.717, 1.165) is 31.4 Å². The van der Waals surface area contributed by atoms with Gasteiger partial charge in [0, 0.05) is 32.2 Å². The van der Waals surface area contributed by atoms with Crippen molar-refractivity contribution in [3.63, 3.8) is 0 Å². The zero-order valence-electron chi connectivity index (χ0n) is 22.5. The van der Waals surface area contributed by atoms with E-state index in [1.807, 2.05) is 31.1 Å². The second kappa shape index (κ2) is 12.6.